The van der Waals surface area contributed by atoms with Crippen LogP contribution in [-0.4, -0.2) is 36.6 Å². The van der Waals surface area contributed by atoms with Gasteiger partial charge in [0.25, 0.3) is 0 Å². The molecule has 2 rings (SSSR count). The Hall–Kier alpha value is -0.870. The molecule has 0 amide bonds. The van der Waals surface area contributed by atoms with Gasteiger partial charge >= 0.3 is 0 Å². The normalized spacial score (nSPS) is 19.1. The Morgan fingerprint density at radius 1 is 1.44 bits per heavy atom. The van der Waals surface area contributed by atoms with Crippen molar-refractivity contribution in [3.63, 3.8) is 0 Å². The number of aromatic nitrogens is 2. The molecule has 0 atom stereocenters. The molecule has 0 radical (unpaired) electrons. The third kappa shape index (κ3) is 2.93. The van der Waals surface area contributed by atoms with Crippen molar-refractivity contribution in [2.75, 3.05) is 26.8 Å². The van der Waals surface area contributed by atoms with E-state index in [1.54, 1.807) is 0 Å². The van der Waals surface area contributed by atoms with Crippen LogP contribution in [0.1, 0.15) is 31.2 Å². The molecule has 0 spiro atoms. The molecule has 0 aromatic carbocycles. The highest BCUT2D eigenvalue weighted by Crippen LogP contribution is 2.33. The predicted octanol–water partition coefficient (Wildman–Crippen LogP) is 1.54. The van der Waals surface area contributed by atoms with Crippen molar-refractivity contribution in [2.45, 2.75) is 32.6 Å². The van der Waals surface area contributed by atoms with Crippen molar-refractivity contribution in [1.82, 2.24) is 15.1 Å². The number of rotatable bonds is 5. The fraction of sp³-hybridized carbons (Fsp3) is 0.786. The molecule has 1 aliphatic heterocycles. The second-order valence-electron chi connectivity index (χ2n) is 5.42. The molecule has 18 heavy (non-hydrogen) atoms. The number of nitrogens with one attached hydrogen (secondary N) is 1. The minimum absolute atomic E-state index is 0.339. The zero-order valence-electron chi connectivity index (χ0n) is 11.8. The van der Waals surface area contributed by atoms with Gasteiger partial charge in [0.15, 0.2) is 0 Å². The van der Waals surface area contributed by atoms with Crippen molar-refractivity contribution in [1.29, 1.82) is 0 Å². The van der Waals surface area contributed by atoms with Crippen LogP contribution in [-0.2, 0) is 24.6 Å². The zero-order valence-corrected chi connectivity index (χ0v) is 11.8. The van der Waals surface area contributed by atoms with Crippen molar-refractivity contribution in [2.24, 2.45) is 12.5 Å². The van der Waals surface area contributed by atoms with E-state index in [0.717, 1.165) is 45.4 Å². The average Bonchev–Trinajstić information content (AvgIpc) is 2.71. The molecule has 2 heterocycles. The molecule has 0 bridgehead atoms. The first-order chi connectivity index (χ1) is 8.69. The summed E-state index contributed by atoms with van der Waals surface area (Å²) in [4.78, 5) is 0. The standard InChI is InChI=1S/C14H25N3O/c1-4-12-9-13(17(3)16-12)10-14(11-15-2)5-7-18-8-6-14/h9,15H,4-8,10-11H2,1-3H3. The molecule has 4 heteroatoms. The fourth-order valence-corrected chi connectivity index (χ4v) is 2.89. The summed E-state index contributed by atoms with van der Waals surface area (Å²) in [5, 5.41) is 7.90. The summed E-state index contributed by atoms with van der Waals surface area (Å²) >= 11 is 0. The summed E-state index contributed by atoms with van der Waals surface area (Å²) in [5.74, 6) is 0. The maximum absolute atomic E-state index is 5.52. The third-order valence-corrected chi connectivity index (χ3v) is 4.05. The van der Waals surface area contributed by atoms with Gasteiger partial charge in [-0.25, -0.2) is 0 Å². The lowest BCUT2D eigenvalue weighted by atomic mass is 9.76. The van der Waals surface area contributed by atoms with Gasteiger partial charge in [-0.1, -0.05) is 6.92 Å². The molecule has 0 aliphatic carbocycles. The summed E-state index contributed by atoms with van der Waals surface area (Å²) in [5.41, 5.74) is 2.88. The highest BCUT2D eigenvalue weighted by molar-refractivity contribution is 5.13. The second-order valence-corrected chi connectivity index (χ2v) is 5.42. The van der Waals surface area contributed by atoms with Crippen LogP contribution in [0.2, 0.25) is 0 Å². The van der Waals surface area contributed by atoms with Gasteiger partial charge in [-0.15, -0.1) is 0 Å². The maximum atomic E-state index is 5.52. The lowest BCUT2D eigenvalue weighted by molar-refractivity contribution is 0.0150. The summed E-state index contributed by atoms with van der Waals surface area (Å²) in [7, 11) is 4.10. The lowest BCUT2D eigenvalue weighted by Gasteiger charge is -2.37. The van der Waals surface area contributed by atoms with Gasteiger partial charge in [-0.3, -0.25) is 4.68 Å². The van der Waals surface area contributed by atoms with E-state index in [9.17, 15) is 0 Å². The molecule has 0 saturated carbocycles. The van der Waals surface area contributed by atoms with Crippen LogP contribution in [0, 0.1) is 5.41 Å². The number of ether oxygens (including phenoxy) is 1. The maximum Gasteiger partial charge on any atom is 0.0624 e. The van der Waals surface area contributed by atoms with Gasteiger partial charge < -0.3 is 10.1 Å². The summed E-state index contributed by atoms with van der Waals surface area (Å²) in [6, 6.07) is 2.26. The van der Waals surface area contributed by atoms with Gasteiger partial charge in [-0.2, -0.15) is 5.10 Å². The summed E-state index contributed by atoms with van der Waals surface area (Å²) in [6.07, 6.45) is 4.39. The van der Waals surface area contributed by atoms with E-state index < -0.39 is 0 Å². The predicted molar refractivity (Wildman–Crippen MR) is 72.7 cm³/mol. The molecule has 4 nitrogen and oxygen atoms in total. The van der Waals surface area contributed by atoms with E-state index in [-0.39, 0.29) is 0 Å². The van der Waals surface area contributed by atoms with Crippen LogP contribution in [0.5, 0.6) is 0 Å². The van der Waals surface area contributed by atoms with Crippen molar-refractivity contribution in [3.05, 3.63) is 17.5 Å². The Morgan fingerprint density at radius 3 is 2.72 bits per heavy atom. The first-order valence-corrected chi connectivity index (χ1v) is 6.93. The molecule has 1 fully saturated rings. The molecule has 0 unspecified atom stereocenters. The SMILES string of the molecule is CCc1cc(CC2(CNC)CCOCC2)n(C)n1. The molecular weight excluding hydrogens is 226 g/mol. The Labute approximate surface area is 110 Å². The molecule has 1 saturated heterocycles. The Bertz CT molecular complexity index is 375. The van der Waals surface area contributed by atoms with Crippen LogP contribution in [0.15, 0.2) is 6.07 Å². The Balaban J connectivity index is 2.14. The molecule has 1 aromatic rings. The minimum atomic E-state index is 0.339. The molecule has 1 aromatic heterocycles. The van der Waals surface area contributed by atoms with E-state index in [1.165, 1.54) is 11.4 Å². The molecule has 1 N–H and O–H groups in total. The topological polar surface area (TPSA) is 39.1 Å². The fourth-order valence-electron chi connectivity index (χ4n) is 2.89. The van der Waals surface area contributed by atoms with Gasteiger partial charge in [0.1, 0.15) is 0 Å². The smallest absolute Gasteiger partial charge is 0.0624 e. The van der Waals surface area contributed by atoms with E-state index >= 15 is 0 Å². The molecular formula is C14H25N3O. The van der Waals surface area contributed by atoms with Crippen LogP contribution < -0.4 is 5.32 Å². The van der Waals surface area contributed by atoms with Gasteiger partial charge in [0.2, 0.25) is 0 Å². The van der Waals surface area contributed by atoms with E-state index in [1.807, 2.05) is 11.7 Å². The van der Waals surface area contributed by atoms with E-state index in [2.05, 4.69) is 30.5 Å². The Kier molecular flexibility index (Phi) is 4.40. The monoisotopic (exact) mass is 251 g/mol. The van der Waals surface area contributed by atoms with E-state index in [0.29, 0.717) is 5.41 Å². The summed E-state index contributed by atoms with van der Waals surface area (Å²) < 4.78 is 7.56. The third-order valence-electron chi connectivity index (χ3n) is 4.05. The molecule has 1 aliphatic rings. The first-order valence-electron chi connectivity index (χ1n) is 6.93. The van der Waals surface area contributed by atoms with Gasteiger partial charge in [0.05, 0.1) is 5.69 Å². The van der Waals surface area contributed by atoms with Gasteiger partial charge in [0, 0.05) is 32.5 Å². The van der Waals surface area contributed by atoms with Crippen molar-refractivity contribution < 1.29 is 4.74 Å². The first kappa shape index (κ1) is 13.6. The summed E-state index contributed by atoms with van der Waals surface area (Å²) in [6.45, 7) is 4.99. The van der Waals surface area contributed by atoms with Crippen molar-refractivity contribution >= 4 is 0 Å². The minimum Gasteiger partial charge on any atom is -0.381 e. The number of hydrogen-bond donors (Lipinski definition) is 1. The average molecular weight is 251 g/mol. The van der Waals surface area contributed by atoms with Crippen molar-refractivity contribution in [3.8, 4) is 0 Å². The molecule has 102 valence electrons. The highest BCUT2D eigenvalue weighted by atomic mass is 16.5. The number of nitrogens with zero attached hydrogens (tertiary/aromatic N) is 2. The van der Waals surface area contributed by atoms with Crippen LogP contribution in [0.3, 0.4) is 0 Å². The lowest BCUT2D eigenvalue weighted by Crippen LogP contribution is -2.40. The quantitative estimate of drug-likeness (QED) is 0.863. The highest BCUT2D eigenvalue weighted by Gasteiger charge is 2.33. The van der Waals surface area contributed by atoms with Gasteiger partial charge in [-0.05, 0) is 44.2 Å². The van der Waals surface area contributed by atoms with Crippen LogP contribution >= 0.6 is 0 Å². The van der Waals surface area contributed by atoms with E-state index in [4.69, 9.17) is 4.74 Å². The zero-order chi connectivity index (χ0) is 13.0. The number of hydrogen-bond acceptors (Lipinski definition) is 3. The Morgan fingerprint density at radius 2 is 2.17 bits per heavy atom. The largest absolute Gasteiger partial charge is 0.381 e. The number of aryl methyl sites for hydroxylation is 2. The van der Waals surface area contributed by atoms with Crippen LogP contribution in [0.4, 0.5) is 0 Å². The van der Waals surface area contributed by atoms with Crippen LogP contribution in [0.25, 0.3) is 0 Å². The second kappa shape index (κ2) is 5.85.